The number of rotatable bonds is 4. The van der Waals surface area contributed by atoms with Crippen LogP contribution in [0.25, 0.3) is 0 Å². The molecule has 1 heterocycles. The highest BCUT2D eigenvalue weighted by atomic mass is 19.2. The summed E-state index contributed by atoms with van der Waals surface area (Å²) in [6.07, 6.45) is 0.995. The van der Waals surface area contributed by atoms with Crippen LogP contribution in [0.4, 0.5) is 8.78 Å². The minimum atomic E-state index is -0.775. The monoisotopic (exact) mass is 300 g/mol. The number of nitrogens with zero attached hydrogens (tertiary/aromatic N) is 1. The van der Waals surface area contributed by atoms with E-state index >= 15 is 0 Å². The maximum Gasteiger partial charge on any atom is 0.214 e. The summed E-state index contributed by atoms with van der Waals surface area (Å²) >= 11 is 0. The largest absolute Gasteiger partial charge is 0.383 e. The molecule has 1 aliphatic rings. The van der Waals surface area contributed by atoms with Gasteiger partial charge in [0.15, 0.2) is 11.6 Å². The smallest absolute Gasteiger partial charge is 0.214 e. The highest BCUT2D eigenvalue weighted by molar-refractivity contribution is 5.70. The normalized spacial score (nSPS) is 18.2. The minimum absolute atomic E-state index is 0.307. The molecule has 0 saturated carbocycles. The Morgan fingerprint density at radius 3 is 2.67 bits per heavy atom. The van der Waals surface area contributed by atoms with Crippen molar-refractivity contribution in [3.8, 4) is 0 Å². The summed E-state index contributed by atoms with van der Waals surface area (Å²) in [5, 5.41) is 0. The standard InChI is InChI=1S/C13H17F2NO.C2H5NO/c1-17-7-6-16-5-4-11(9-16)10-2-3-12(14)13(15)8-10;1-2(3)4/h2-3,8,11H,4-7,9H2,1H3;1H3,(H2,3,4). The van der Waals surface area contributed by atoms with Gasteiger partial charge in [0, 0.05) is 27.1 Å². The third kappa shape index (κ3) is 6.18. The van der Waals surface area contributed by atoms with Crippen LogP contribution < -0.4 is 5.73 Å². The van der Waals surface area contributed by atoms with Gasteiger partial charge in [-0.05, 0) is 36.6 Å². The molecule has 1 aromatic rings. The van der Waals surface area contributed by atoms with Gasteiger partial charge in [-0.15, -0.1) is 0 Å². The fourth-order valence-electron chi connectivity index (χ4n) is 2.29. The molecule has 0 spiro atoms. The van der Waals surface area contributed by atoms with Gasteiger partial charge in [0.2, 0.25) is 5.91 Å². The van der Waals surface area contributed by atoms with Crippen LogP contribution >= 0.6 is 0 Å². The first kappa shape index (κ1) is 17.5. The second-order valence-corrected chi connectivity index (χ2v) is 5.06. The first-order chi connectivity index (χ1) is 9.93. The molecule has 0 aliphatic carbocycles. The molecule has 0 aromatic heterocycles. The van der Waals surface area contributed by atoms with Gasteiger partial charge >= 0.3 is 0 Å². The van der Waals surface area contributed by atoms with Crippen molar-refractivity contribution in [1.82, 2.24) is 4.90 Å². The second-order valence-electron chi connectivity index (χ2n) is 5.06. The third-order valence-electron chi connectivity index (χ3n) is 3.30. The number of methoxy groups -OCH3 is 1. The maximum atomic E-state index is 13.1. The van der Waals surface area contributed by atoms with Crippen LogP contribution in [0.1, 0.15) is 24.8 Å². The van der Waals surface area contributed by atoms with E-state index in [0.717, 1.165) is 31.6 Å². The van der Waals surface area contributed by atoms with Gasteiger partial charge < -0.3 is 15.4 Å². The van der Waals surface area contributed by atoms with E-state index in [1.54, 1.807) is 13.2 Å². The van der Waals surface area contributed by atoms with Gasteiger partial charge in [0.1, 0.15) is 0 Å². The van der Waals surface area contributed by atoms with E-state index in [0.29, 0.717) is 12.5 Å². The highest BCUT2D eigenvalue weighted by Crippen LogP contribution is 2.27. The van der Waals surface area contributed by atoms with Gasteiger partial charge in [0.25, 0.3) is 0 Å². The van der Waals surface area contributed by atoms with Crippen molar-refractivity contribution in [2.24, 2.45) is 5.73 Å². The van der Waals surface area contributed by atoms with Crippen molar-refractivity contribution in [3.63, 3.8) is 0 Å². The summed E-state index contributed by atoms with van der Waals surface area (Å²) in [4.78, 5) is 11.5. The summed E-state index contributed by atoms with van der Waals surface area (Å²) in [5.74, 6) is -1.55. The van der Waals surface area contributed by atoms with Crippen LogP contribution in [0.2, 0.25) is 0 Å². The SMILES string of the molecule is CC(N)=O.COCCN1CCC(c2ccc(F)c(F)c2)C1. The lowest BCUT2D eigenvalue weighted by Crippen LogP contribution is -2.24. The van der Waals surface area contributed by atoms with Crippen LogP contribution in [0.5, 0.6) is 0 Å². The molecule has 1 saturated heterocycles. The Kier molecular flexibility index (Phi) is 7.25. The van der Waals surface area contributed by atoms with Crippen molar-refractivity contribution in [2.75, 3.05) is 33.4 Å². The van der Waals surface area contributed by atoms with Crippen LogP contribution in [0, 0.1) is 11.6 Å². The molecule has 4 nitrogen and oxygen atoms in total. The summed E-state index contributed by atoms with van der Waals surface area (Å²) in [5.41, 5.74) is 5.36. The molecular weight excluding hydrogens is 278 g/mol. The molecule has 0 bridgehead atoms. The Bertz CT molecular complexity index is 465. The number of likely N-dealkylation sites (tertiary alicyclic amines) is 1. The van der Waals surface area contributed by atoms with Crippen molar-refractivity contribution in [2.45, 2.75) is 19.3 Å². The van der Waals surface area contributed by atoms with Crippen LogP contribution in [-0.4, -0.2) is 44.2 Å². The number of benzene rings is 1. The van der Waals surface area contributed by atoms with Crippen molar-refractivity contribution < 1.29 is 18.3 Å². The van der Waals surface area contributed by atoms with E-state index in [9.17, 15) is 13.6 Å². The summed E-state index contributed by atoms with van der Waals surface area (Å²) in [6, 6.07) is 4.21. The van der Waals surface area contributed by atoms with Gasteiger partial charge in [-0.1, -0.05) is 6.07 Å². The van der Waals surface area contributed by atoms with Crippen molar-refractivity contribution in [3.05, 3.63) is 35.4 Å². The quantitative estimate of drug-likeness (QED) is 0.924. The number of amides is 1. The van der Waals surface area contributed by atoms with Gasteiger partial charge in [-0.2, -0.15) is 0 Å². The lowest BCUT2D eigenvalue weighted by molar-refractivity contribution is -0.115. The zero-order valence-electron chi connectivity index (χ0n) is 12.4. The number of carbonyl (C=O) groups is 1. The Morgan fingerprint density at radius 1 is 1.43 bits per heavy atom. The Hall–Kier alpha value is -1.53. The zero-order valence-corrected chi connectivity index (χ0v) is 12.4. The topological polar surface area (TPSA) is 55.6 Å². The van der Waals surface area contributed by atoms with Crippen LogP contribution in [0.15, 0.2) is 18.2 Å². The van der Waals surface area contributed by atoms with Crippen molar-refractivity contribution >= 4 is 5.91 Å². The molecule has 21 heavy (non-hydrogen) atoms. The molecule has 2 N–H and O–H groups in total. The number of hydrogen-bond acceptors (Lipinski definition) is 3. The average Bonchev–Trinajstić information content (AvgIpc) is 2.88. The molecule has 6 heteroatoms. The fourth-order valence-corrected chi connectivity index (χ4v) is 2.29. The summed E-state index contributed by atoms with van der Waals surface area (Å²) < 4.78 is 31.0. The number of halogens is 2. The first-order valence-electron chi connectivity index (χ1n) is 6.86. The Labute approximate surface area is 123 Å². The number of hydrogen-bond donors (Lipinski definition) is 1. The van der Waals surface area contributed by atoms with E-state index in [2.05, 4.69) is 10.6 Å². The van der Waals surface area contributed by atoms with E-state index in [1.165, 1.54) is 19.1 Å². The molecule has 118 valence electrons. The molecule has 1 unspecified atom stereocenters. The first-order valence-corrected chi connectivity index (χ1v) is 6.86. The molecule has 1 amide bonds. The van der Waals surface area contributed by atoms with Gasteiger partial charge in [-0.25, -0.2) is 8.78 Å². The van der Waals surface area contributed by atoms with E-state index in [4.69, 9.17) is 4.74 Å². The van der Waals surface area contributed by atoms with E-state index < -0.39 is 11.6 Å². The molecular formula is C15H22F2N2O2. The van der Waals surface area contributed by atoms with Crippen LogP contribution in [0.3, 0.4) is 0 Å². The average molecular weight is 300 g/mol. The summed E-state index contributed by atoms with van der Waals surface area (Å²) in [6.45, 7) is 4.81. The predicted octanol–water partition coefficient (Wildman–Crippen LogP) is 1.89. The number of nitrogens with two attached hydrogens (primary N) is 1. The van der Waals surface area contributed by atoms with E-state index in [1.807, 2.05) is 0 Å². The highest BCUT2D eigenvalue weighted by Gasteiger charge is 2.24. The Balaban J connectivity index is 0.000000491. The van der Waals surface area contributed by atoms with Gasteiger partial charge in [0.05, 0.1) is 6.61 Å². The minimum Gasteiger partial charge on any atom is -0.383 e. The maximum absolute atomic E-state index is 13.1. The van der Waals surface area contributed by atoms with Crippen LogP contribution in [-0.2, 0) is 9.53 Å². The van der Waals surface area contributed by atoms with Gasteiger partial charge in [-0.3, -0.25) is 4.79 Å². The molecule has 1 atom stereocenters. The summed E-state index contributed by atoms with van der Waals surface area (Å²) in [7, 11) is 1.68. The molecule has 1 fully saturated rings. The van der Waals surface area contributed by atoms with Crippen molar-refractivity contribution in [1.29, 1.82) is 0 Å². The zero-order chi connectivity index (χ0) is 15.8. The third-order valence-corrected chi connectivity index (χ3v) is 3.30. The molecule has 2 rings (SSSR count). The number of carbonyl (C=O) groups excluding carboxylic acids is 1. The predicted molar refractivity (Wildman–Crippen MR) is 76.9 cm³/mol. The lowest BCUT2D eigenvalue weighted by atomic mass is 9.98. The fraction of sp³-hybridized carbons (Fsp3) is 0.533. The molecule has 1 aliphatic heterocycles. The van der Waals surface area contributed by atoms with E-state index in [-0.39, 0.29) is 5.91 Å². The second kappa shape index (κ2) is 8.69. The number of primary amides is 1. The lowest BCUT2D eigenvalue weighted by Gasteiger charge is -2.15. The number of ether oxygens (including phenoxy) is 1. The Morgan fingerprint density at radius 2 is 2.10 bits per heavy atom. The molecule has 0 radical (unpaired) electrons. The molecule has 1 aromatic carbocycles.